The Morgan fingerprint density at radius 1 is 1.19 bits per heavy atom. The molecule has 1 N–H and O–H groups in total. The van der Waals surface area contributed by atoms with E-state index >= 15 is 0 Å². The van der Waals surface area contributed by atoms with Gasteiger partial charge >= 0.3 is 5.97 Å². The molecule has 0 atom stereocenters. The predicted molar refractivity (Wildman–Crippen MR) is 101 cm³/mol. The molecule has 0 spiro atoms. The van der Waals surface area contributed by atoms with E-state index in [4.69, 9.17) is 0 Å². The van der Waals surface area contributed by atoms with E-state index in [0.717, 1.165) is 12.1 Å². The molecule has 0 bridgehead atoms. The van der Waals surface area contributed by atoms with Crippen LogP contribution in [0.1, 0.15) is 28.8 Å². The van der Waals surface area contributed by atoms with E-state index in [1.165, 1.54) is 31.4 Å². The Bertz CT molecular complexity index is 1000. The van der Waals surface area contributed by atoms with Crippen LogP contribution in [0.25, 0.3) is 0 Å². The number of amides is 1. The number of aryl methyl sites for hydroxylation is 1. The molecule has 1 heterocycles. The summed E-state index contributed by atoms with van der Waals surface area (Å²) < 4.78 is 32.5. The highest BCUT2D eigenvalue weighted by Crippen LogP contribution is 2.28. The number of ether oxygens (including phenoxy) is 1. The Morgan fingerprint density at radius 3 is 2.59 bits per heavy atom. The van der Waals surface area contributed by atoms with Gasteiger partial charge in [-0.1, -0.05) is 6.07 Å². The van der Waals surface area contributed by atoms with Crippen molar-refractivity contribution in [2.75, 3.05) is 23.3 Å². The summed E-state index contributed by atoms with van der Waals surface area (Å²) in [5, 5.41) is 0. The lowest BCUT2D eigenvalue weighted by Gasteiger charge is -2.19. The van der Waals surface area contributed by atoms with Crippen molar-refractivity contribution in [1.82, 2.24) is 0 Å². The minimum atomic E-state index is -3.84. The van der Waals surface area contributed by atoms with Gasteiger partial charge < -0.3 is 9.64 Å². The second kappa shape index (κ2) is 7.40. The second-order valence-electron chi connectivity index (χ2n) is 6.28. The number of carbonyl (C=O) groups is 2. The van der Waals surface area contributed by atoms with Crippen LogP contribution in [-0.4, -0.2) is 33.9 Å². The van der Waals surface area contributed by atoms with Crippen molar-refractivity contribution in [3.8, 4) is 0 Å². The van der Waals surface area contributed by atoms with Crippen LogP contribution in [0.5, 0.6) is 0 Å². The van der Waals surface area contributed by atoms with Crippen LogP contribution in [0, 0.1) is 6.92 Å². The number of methoxy groups -OCH3 is 1. The minimum Gasteiger partial charge on any atom is -0.465 e. The third kappa shape index (κ3) is 3.95. The molecule has 7 nitrogen and oxygen atoms in total. The lowest BCUT2D eigenvalue weighted by molar-refractivity contribution is -0.117. The van der Waals surface area contributed by atoms with E-state index in [2.05, 4.69) is 9.46 Å². The highest BCUT2D eigenvalue weighted by Gasteiger charge is 2.24. The summed E-state index contributed by atoms with van der Waals surface area (Å²) in [6.07, 6.45) is 1.31. The number of benzene rings is 2. The van der Waals surface area contributed by atoms with Crippen molar-refractivity contribution in [3.63, 3.8) is 0 Å². The average molecular weight is 388 g/mol. The molecule has 0 aromatic heterocycles. The number of rotatable bonds is 5. The Labute approximate surface area is 158 Å². The van der Waals surface area contributed by atoms with Gasteiger partial charge in [0.15, 0.2) is 0 Å². The van der Waals surface area contributed by atoms with Crippen LogP contribution < -0.4 is 9.62 Å². The van der Waals surface area contributed by atoms with E-state index in [1.807, 2.05) is 0 Å². The summed E-state index contributed by atoms with van der Waals surface area (Å²) in [7, 11) is -2.59. The Morgan fingerprint density at radius 2 is 1.96 bits per heavy atom. The fourth-order valence-corrected chi connectivity index (χ4v) is 4.18. The molecule has 3 rings (SSSR count). The monoisotopic (exact) mass is 388 g/mol. The summed E-state index contributed by atoms with van der Waals surface area (Å²) >= 11 is 0. The van der Waals surface area contributed by atoms with Crippen LogP contribution in [-0.2, 0) is 19.6 Å². The van der Waals surface area contributed by atoms with Crippen LogP contribution in [0.15, 0.2) is 47.4 Å². The van der Waals surface area contributed by atoms with Crippen molar-refractivity contribution in [3.05, 3.63) is 53.6 Å². The molecule has 8 heteroatoms. The van der Waals surface area contributed by atoms with Crippen molar-refractivity contribution in [2.24, 2.45) is 0 Å². The summed E-state index contributed by atoms with van der Waals surface area (Å²) in [6, 6.07) is 10.7. The van der Waals surface area contributed by atoms with E-state index < -0.39 is 16.0 Å². The largest absolute Gasteiger partial charge is 0.465 e. The van der Waals surface area contributed by atoms with Crippen molar-refractivity contribution < 1.29 is 22.7 Å². The first-order valence-corrected chi connectivity index (χ1v) is 9.92. The van der Waals surface area contributed by atoms with Crippen molar-refractivity contribution in [1.29, 1.82) is 0 Å². The molecular formula is C19H20N2O5S. The van der Waals surface area contributed by atoms with Gasteiger partial charge in [0.25, 0.3) is 10.0 Å². The van der Waals surface area contributed by atoms with E-state index in [-0.39, 0.29) is 22.1 Å². The molecule has 1 amide bonds. The average Bonchev–Trinajstić information content (AvgIpc) is 3.06. The molecular weight excluding hydrogens is 368 g/mol. The van der Waals surface area contributed by atoms with Gasteiger partial charge in [0.1, 0.15) is 0 Å². The quantitative estimate of drug-likeness (QED) is 0.795. The zero-order valence-electron chi connectivity index (χ0n) is 15.1. The van der Waals surface area contributed by atoms with Gasteiger partial charge in [0.2, 0.25) is 5.91 Å². The fraction of sp³-hybridized carbons (Fsp3) is 0.263. The zero-order valence-corrected chi connectivity index (χ0v) is 15.9. The van der Waals surface area contributed by atoms with Crippen molar-refractivity contribution in [2.45, 2.75) is 24.7 Å². The zero-order chi connectivity index (χ0) is 19.6. The maximum Gasteiger partial charge on any atom is 0.337 e. The first-order valence-electron chi connectivity index (χ1n) is 8.44. The number of anilines is 2. The molecule has 1 aliphatic rings. The standard InChI is InChI=1S/C19H20N2O5S/c1-13-11-16(8-9-17(13)21-10-4-7-18(21)22)27(24,25)20-15-6-3-5-14(12-15)19(23)26-2/h3,5-6,8-9,11-12,20H,4,7,10H2,1-2H3. The van der Waals surface area contributed by atoms with Gasteiger partial charge in [-0.25, -0.2) is 13.2 Å². The van der Waals surface area contributed by atoms with Gasteiger partial charge in [0.05, 0.1) is 17.6 Å². The highest BCUT2D eigenvalue weighted by atomic mass is 32.2. The van der Waals surface area contributed by atoms with Crippen molar-refractivity contribution >= 4 is 33.3 Å². The molecule has 2 aromatic rings. The summed E-state index contributed by atoms with van der Waals surface area (Å²) in [4.78, 5) is 25.3. The molecule has 2 aromatic carbocycles. The SMILES string of the molecule is COC(=O)c1cccc(NS(=O)(=O)c2ccc(N3CCCC3=O)c(C)c2)c1. The molecule has 1 saturated heterocycles. The van der Waals surface area contributed by atoms with Crippen LogP contribution >= 0.6 is 0 Å². The summed E-state index contributed by atoms with van der Waals surface area (Å²) in [6.45, 7) is 2.42. The third-order valence-electron chi connectivity index (χ3n) is 4.38. The van der Waals surface area contributed by atoms with Crippen LogP contribution in [0.3, 0.4) is 0 Å². The Hall–Kier alpha value is -2.87. The molecule has 1 fully saturated rings. The van der Waals surface area contributed by atoms with Crippen LogP contribution in [0.2, 0.25) is 0 Å². The Kier molecular flexibility index (Phi) is 5.18. The molecule has 0 saturated carbocycles. The van der Waals surface area contributed by atoms with Gasteiger partial charge in [-0.3, -0.25) is 9.52 Å². The first-order chi connectivity index (χ1) is 12.8. The summed E-state index contributed by atoms with van der Waals surface area (Å²) in [5.74, 6) is -0.502. The highest BCUT2D eigenvalue weighted by molar-refractivity contribution is 7.92. The maximum atomic E-state index is 12.7. The number of nitrogens with one attached hydrogen (secondary N) is 1. The number of nitrogens with zero attached hydrogens (tertiary/aromatic N) is 1. The molecule has 142 valence electrons. The van der Waals surface area contributed by atoms with Gasteiger partial charge in [-0.2, -0.15) is 0 Å². The maximum absolute atomic E-state index is 12.7. The number of hydrogen-bond acceptors (Lipinski definition) is 5. The Balaban J connectivity index is 1.86. The van der Waals surface area contributed by atoms with E-state index in [9.17, 15) is 18.0 Å². The van der Waals surface area contributed by atoms with Crippen LogP contribution in [0.4, 0.5) is 11.4 Å². The lowest BCUT2D eigenvalue weighted by Crippen LogP contribution is -2.24. The molecule has 0 aliphatic carbocycles. The second-order valence-corrected chi connectivity index (χ2v) is 7.96. The normalized spacial score (nSPS) is 14.3. The van der Waals surface area contributed by atoms with Gasteiger partial charge in [-0.15, -0.1) is 0 Å². The predicted octanol–water partition coefficient (Wildman–Crippen LogP) is 2.71. The smallest absolute Gasteiger partial charge is 0.337 e. The van der Waals surface area contributed by atoms with Gasteiger partial charge in [-0.05, 0) is 55.3 Å². The topological polar surface area (TPSA) is 92.8 Å². The van der Waals surface area contributed by atoms with E-state index in [1.54, 1.807) is 30.0 Å². The molecule has 0 radical (unpaired) electrons. The summed E-state index contributed by atoms with van der Waals surface area (Å²) in [5.41, 5.74) is 1.94. The van der Waals surface area contributed by atoms with Gasteiger partial charge in [0, 0.05) is 24.3 Å². The minimum absolute atomic E-state index is 0.0476. The molecule has 0 unspecified atom stereocenters. The number of hydrogen-bond donors (Lipinski definition) is 1. The first kappa shape index (κ1) is 18.9. The number of sulfonamides is 1. The molecule has 27 heavy (non-hydrogen) atoms. The number of esters is 1. The molecule has 1 aliphatic heterocycles. The number of carbonyl (C=O) groups excluding carboxylic acids is 2. The van der Waals surface area contributed by atoms with E-state index in [0.29, 0.717) is 18.5 Å². The fourth-order valence-electron chi connectivity index (χ4n) is 3.04. The lowest BCUT2D eigenvalue weighted by atomic mass is 10.2. The third-order valence-corrected chi connectivity index (χ3v) is 5.76.